The Morgan fingerprint density at radius 2 is 1.58 bits per heavy atom. The van der Waals surface area contributed by atoms with Crippen LogP contribution in [-0.2, 0) is 19.9 Å². The van der Waals surface area contributed by atoms with Crippen molar-refractivity contribution in [1.29, 1.82) is 0 Å². The van der Waals surface area contributed by atoms with Crippen LogP contribution in [0.4, 0.5) is 0 Å². The van der Waals surface area contributed by atoms with Gasteiger partial charge in [-0.15, -0.1) is 0 Å². The summed E-state index contributed by atoms with van der Waals surface area (Å²) >= 11 is 1.95. The highest BCUT2D eigenvalue weighted by atomic mass is 32.2. The Hall–Kier alpha value is -2.32. The van der Waals surface area contributed by atoms with Gasteiger partial charge in [0, 0.05) is 15.9 Å². The third-order valence-electron chi connectivity index (χ3n) is 6.60. The molecule has 1 aromatic heterocycles. The molecule has 0 atom stereocenters. The highest BCUT2D eigenvalue weighted by Crippen LogP contribution is 2.52. The number of aromatic nitrogens is 1. The zero-order valence-electron chi connectivity index (χ0n) is 22.3. The normalized spacial score (nSPS) is 14.0. The van der Waals surface area contributed by atoms with E-state index in [0.717, 1.165) is 12.8 Å². The van der Waals surface area contributed by atoms with Gasteiger partial charge < -0.3 is 0 Å². The van der Waals surface area contributed by atoms with Crippen molar-refractivity contribution in [1.82, 2.24) is 0 Å². The van der Waals surface area contributed by atoms with Crippen LogP contribution in [0.15, 0.2) is 58.4 Å². The number of hydrogen-bond acceptors (Lipinski definition) is 1. The molecule has 0 fully saturated rings. The second kappa shape index (κ2) is 7.60. The molecule has 5 rings (SSSR count). The Bertz CT molecular complexity index is 1470. The summed E-state index contributed by atoms with van der Waals surface area (Å²) in [6.07, 6.45) is 2.61. The van der Waals surface area contributed by atoms with E-state index in [1.807, 2.05) is 17.8 Å². The van der Waals surface area contributed by atoms with Gasteiger partial charge in [0.2, 0.25) is 5.69 Å². The first-order valence-corrected chi connectivity index (χ1v) is 12.8. The fourth-order valence-corrected chi connectivity index (χ4v) is 6.82. The van der Waals surface area contributed by atoms with Gasteiger partial charge in [0.15, 0.2) is 6.17 Å². The average molecular weight is 456 g/mol. The minimum atomic E-state index is 0.176. The lowest BCUT2D eigenvalue weighted by molar-refractivity contribution is -0.659. The average Bonchev–Trinajstić information content (AvgIpc) is 2.72. The Morgan fingerprint density at radius 1 is 0.909 bits per heavy atom. The second-order valence-corrected chi connectivity index (χ2v) is 13.2. The second-order valence-electron chi connectivity index (χ2n) is 12.2. The molecular weight excluding hydrogens is 418 g/mol. The van der Waals surface area contributed by atoms with Crippen molar-refractivity contribution in [2.45, 2.75) is 71.1 Å². The van der Waals surface area contributed by atoms with Gasteiger partial charge in [0.1, 0.15) is 8.42 Å². The van der Waals surface area contributed by atoms with E-state index in [1.165, 1.54) is 59.3 Å². The van der Waals surface area contributed by atoms with Gasteiger partial charge in [-0.2, -0.15) is 0 Å². The van der Waals surface area contributed by atoms with Gasteiger partial charge in [-0.25, -0.2) is 4.57 Å². The molecule has 1 aliphatic rings. The topological polar surface area (TPSA) is 3.88 Å². The highest BCUT2D eigenvalue weighted by molar-refractivity contribution is 7.99. The van der Waals surface area contributed by atoms with Gasteiger partial charge in [-0.05, 0) is 69.5 Å². The van der Waals surface area contributed by atoms with Gasteiger partial charge in [0.05, 0.1) is 10.9 Å². The summed E-state index contributed by atoms with van der Waals surface area (Å²) in [6, 6.07) is 15.7. The largest absolute Gasteiger partial charge is 0.222 e. The maximum absolute atomic E-state index is 8.82. The number of nitrogens with zero attached hydrogens (tertiary/aromatic N) is 1. The molecule has 0 saturated carbocycles. The first-order chi connectivity index (χ1) is 15.8. The molecule has 0 bridgehead atoms. The summed E-state index contributed by atoms with van der Waals surface area (Å²) in [5.41, 5.74) is 7.04. The summed E-state index contributed by atoms with van der Waals surface area (Å²) < 4.78 is 10.9. The molecule has 1 aliphatic heterocycles. The SMILES string of the molecule is [2H]c1cc2cc(CC(C)(C)C)cc3c2c([n+]1C)-c1c(c(CC(C)(C)C)c2ccccc2c1C)S3. The molecule has 0 N–H and O–H groups in total. The van der Waals surface area contributed by atoms with E-state index in [2.05, 4.69) is 96.5 Å². The van der Waals surface area contributed by atoms with Crippen molar-refractivity contribution in [3.8, 4) is 11.3 Å². The Balaban J connectivity index is 1.92. The lowest BCUT2D eigenvalue weighted by atomic mass is 9.83. The maximum Gasteiger partial charge on any atom is 0.222 e. The van der Waals surface area contributed by atoms with Crippen LogP contribution in [0.25, 0.3) is 32.8 Å². The standard InChI is InChI=1S/C31H36NS/c1-19-22-11-9-10-12-23(22)24(18-31(5,6)7)29-26(19)28-27-21(13-14-32(28)8)15-20(16-25(27)33-29)17-30(2,3)4/h9-16H,17-18H2,1-8H3/q+1/i14D. The van der Waals surface area contributed by atoms with E-state index in [0.29, 0.717) is 6.17 Å². The Morgan fingerprint density at radius 3 is 2.24 bits per heavy atom. The molecular formula is C31H36NS+. The predicted octanol–water partition coefficient (Wildman–Crippen LogP) is 8.43. The third kappa shape index (κ3) is 3.97. The van der Waals surface area contributed by atoms with Gasteiger partial charge >= 0.3 is 0 Å². The summed E-state index contributed by atoms with van der Waals surface area (Å²) in [4.78, 5) is 2.72. The monoisotopic (exact) mass is 455 g/mol. The van der Waals surface area contributed by atoms with Crippen LogP contribution in [0.2, 0.25) is 0 Å². The number of benzene rings is 3. The zero-order chi connectivity index (χ0) is 24.6. The van der Waals surface area contributed by atoms with Crippen LogP contribution in [0.1, 0.15) is 59.6 Å². The van der Waals surface area contributed by atoms with Crippen molar-refractivity contribution in [2.75, 3.05) is 0 Å². The molecule has 2 heterocycles. The summed E-state index contributed by atoms with van der Waals surface area (Å²) in [6.45, 7) is 16.2. The van der Waals surface area contributed by atoms with Crippen molar-refractivity contribution < 1.29 is 5.94 Å². The van der Waals surface area contributed by atoms with E-state index in [9.17, 15) is 0 Å². The van der Waals surface area contributed by atoms with Crippen molar-refractivity contribution in [3.05, 3.63) is 65.3 Å². The van der Waals surface area contributed by atoms with E-state index in [4.69, 9.17) is 1.37 Å². The van der Waals surface area contributed by atoms with E-state index >= 15 is 0 Å². The fraction of sp³-hybridized carbons (Fsp3) is 0.387. The van der Waals surface area contributed by atoms with Gasteiger partial charge in [-0.1, -0.05) is 83.6 Å². The zero-order valence-corrected chi connectivity index (χ0v) is 22.1. The smallest absolute Gasteiger partial charge is 0.200 e. The molecule has 0 amide bonds. The number of hydrogen-bond donors (Lipinski definition) is 0. The lowest BCUT2D eigenvalue weighted by Crippen LogP contribution is -2.32. The Labute approximate surface area is 204 Å². The molecule has 4 aromatic rings. The number of fused-ring (bicyclic) bond motifs is 3. The van der Waals surface area contributed by atoms with E-state index in [-0.39, 0.29) is 10.8 Å². The number of pyridine rings is 1. The molecule has 2 heteroatoms. The molecule has 0 unspecified atom stereocenters. The molecule has 0 spiro atoms. The lowest BCUT2D eigenvalue weighted by Gasteiger charge is -2.28. The number of rotatable bonds is 2. The molecule has 170 valence electrons. The van der Waals surface area contributed by atoms with Crippen LogP contribution < -0.4 is 4.57 Å². The predicted molar refractivity (Wildman–Crippen MR) is 143 cm³/mol. The maximum atomic E-state index is 8.82. The van der Waals surface area contributed by atoms with Crippen LogP contribution >= 0.6 is 11.8 Å². The molecule has 0 aliphatic carbocycles. The van der Waals surface area contributed by atoms with Crippen LogP contribution in [0, 0.1) is 17.8 Å². The minimum absolute atomic E-state index is 0.176. The molecule has 1 nitrogen and oxygen atoms in total. The first kappa shape index (κ1) is 21.2. The van der Waals surface area contributed by atoms with Gasteiger partial charge in [0.25, 0.3) is 0 Å². The summed E-state index contributed by atoms with van der Waals surface area (Å²) in [5.74, 6) is 0. The molecule has 33 heavy (non-hydrogen) atoms. The van der Waals surface area contributed by atoms with Gasteiger partial charge in [-0.3, -0.25) is 0 Å². The van der Waals surface area contributed by atoms with E-state index in [1.54, 1.807) is 0 Å². The quantitative estimate of drug-likeness (QED) is 0.242. The molecule has 3 aromatic carbocycles. The summed E-state index contributed by atoms with van der Waals surface area (Å²) in [5, 5.41) is 5.19. The van der Waals surface area contributed by atoms with Crippen molar-refractivity contribution in [3.63, 3.8) is 0 Å². The molecule has 0 saturated heterocycles. The van der Waals surface area contributed by atoms with Crippen LogP contribution in [0.3, 0.4) is 0 Å². The number of aryl methyl sites for hydroxylation is 1. The van der Waals surface area contributed by atoms with Crippen molar-refractivity contribution >= 4 is 33.3 Å². The third-order valence-corrected chi connectivity index (χ3v) is 7.80. The highest BCUT2D eigenvalue weighted by Gasteiger charge is 2.33. The van der Waals surface area contributed by atoms with Crippen LogP contribution in [-0.4, -0.2) is 0 Å². The van der Waals surface area contributed by atoms with E-state index < -0.39 is 0 Å². The first-order valence-electron chi connectivity index (χ1n) is 12.5. The summed E-state index contributed by atoms with van der Waals surface area (Å²) in [7, 11) is 2.06. The Kier molecular flexibility index (Phi) is 4.89. The minimum Gasteiger partial charge on any atom is -0.200 e. The van der Waals surface area contributed by atoms with Crippen LogP contribution in [0.5, 0.6) is 0 Å². The van der Waals surface area contributed by atoms with Crippen molar-refractivity contribution in [2.24, 2.45) is 17.9 Å². The fourth-order valence-electron chi connectivity index (χ4n) is 5.41. The molecule has 0 radical (unpaired) electrons.